The van der Waals surface area contributed by atoms with Gasteiger partial charge in [-0.15, -0.1) is 0 Å². The minimum Gasteiger partial charge on any atom is -0.327 e. The van der Waals surface area contributed by atoms with Crippen LogP contribution < -0.4 is 5.32 Å². The fourth-order valence-electron chi connectivity index (χ4n) is 2.12. The number of piperidine rings is 1. The summed E-state index contributed by atoms with van der Waals surface area (Å²) in [5, 5.41) is 3.38. The molecule has 3 nitrogen and oxygen atoms in total. The molecule has 2 rings (SSSR count). The highest BCUT2D eigenvalue weighted by Gasteiger charge is 2.33. The summed E-state index contributed by atoms with van der Waals surface area (Å²) in [7, 11) is 0. The van der Waals surface area contributed by atoms with Gasteiger partial charge in [0.15, 0.2) is 0 Å². The molecule has 1 N–H and O–H groups in total. The van der Waals surface area contributed by atoms with Gasteiger partial charge in [-0.1, -0.05) is 6.92 Å². The Bertz CT molecular complexity index is 193. The Labute approximate surface area is 73.1 Å². The van der Waals surface area contributed by atoms with Crippen molar-refractivity contribution >= 4 is 5.91 Å². The zero-order chi connectivity index (χ0) is 8.55. The fourth-order valence-corrected chi connectivity index (χ4v) is 2.12. The number of hydrogen-bond donors (Lipinski definition) is 1. The van der Waals surface area contributed by atoms with E-state index in [4.69, 9.17) is 0 Å². The van der Waals surface area contributed by atoms with E-state index in [0.29, 0.717) is 12.1 Å². The number of nitrogens with one attached hydrogen (secondary N) is 1. The number of rotatable bonds is 0. The first kappa shape index (κ1) is 8.05. The minimum atomic E-state index is 0.251. The number of carbonyl (C=O) groups excluding carboxylic acids is 1. The highest BCUT2D eigenvalue weighted by molar-refractivity contribution is 5.79. The van der Waals surface area contributed by atoms with Crippen molar-refractivity contribution in [3.05, 3.63) is 0 Å². The molecule has 12 heavy (non-hydrogen) atoms. The van der Waals surface area contributed by atoms with Gasteiger partial charge in [0, 0.05) is 12.5 Å². The predicted octanol–water partition coefficient (Wildman–Crippen LogP) is 0.564. The summed E-state index contributed by atoms with van der Waals surface area (Å²) < 4.78 is 0. The van der Waals surface area contributed by atoms with Crippen molar-refractivity contribution in [2.75, 3.05) is 13.1 Å². The van der Waals surface area contributed by atoms with Crippen molar-refractivity contribution in [1.82, 2.24) is 10.2 Å². The molecule has 0 bridgehead atoms. The maximum absolute atomic E-state index is 11.6. The number of hydrogen-bond acceptors (Lipinski definition) is 2. The standard InChI is InChI=1S/C9H16N2O/c1-7-3-4-8-10-5-2-6-11(8)9(7)12/h7-8,10H,2-6H2,1H3. The highest BCUT2D eigenvalue weighted by Crippen LogP contribution is 2.23. The van der Waals surface area contributed by atoms with Crippen molar-refractivity contribution in [3.8, 4) is 0 Å². The van der Waals surface area contributed by atoms with Crippen molar-refractivity contribution in [1.29, 1.82) is 0 Å². The monoisotopic (exact) mass is 168 g/mol. The molecule has 0 radical (unpaired) electrons. The molecular formula is C9H16N2O. The maximum atomic E-state index is 11.6. The Kier molecular flexibility index (Phi) is 2.05. The molecule has 2 heterocycles. The summed E-state index contributed by atoms with van der Waals surface area (Å²) in [6.07, 6.45) is 3.64. The van der Waals surface area contributed by atoms with Crippen LogP contribution >= 0.6 is 0 Å². The van der Waals surface area contributed by atoms with E-state index in [1.54, 1.807) is 0 Å². The van der Waals surface area contributed by atoms with E-state index in [1.165, 1.54) is 0 Å². The molecule has 2 atom stereocenters. The zero-order valence-corrected chi connectivity index (χ0v) is 7.55. The second kappa shape index (κ2) is 3.05. The van der Waals surface area contributed by atoms with E-state index in [1.807, 2.05) is 11.8 Å². The quantitative estimate of drug-likeness (QED) is 0.573. The molecule has 2 unspecified atom stereocenters. The molecule has 0 aromatic heterocycles. The molecule has 0 aromatic rings. The topological polar surface area (TPSA) is 32.3 Å². The lowest BCUT2D eigenvalue weighted by Gasteiger charge is -2.41. The van der Waals surface area contributed by atoms with Crippen LogP contribution in [-0.4, -0.2) is 30.1 Å². The molecule has 2 aliphatic rings. The van der Waals surface area contributed by atoms with E-state index < -0.39 is 0 Å². The van der Waals surface area contributed by atoms with Gasteiger partial charge in [0.1, 0.15) is 0 Å². The SMILES string of the molecule is CC1CCC2NCCCN2C1=O. The van der Waals surface area contributed by atoms with Crippen LogP contribution in [0.1, 0.15) is 26.2 Å². The molecule has 68 valence electrons. The first-order valence-corrected chi connectivity index (χ1v) is 4.83. The second-order valence-electron chi connectivity index (χ2n) is 3.83. The average Bonchev–Trinajstić information content (AvgIpc) is 2.12. The molecule has 2 saturated heterocycles. The van der Waals surface area contributed by atoms with Crippen LogP contribution in [-0.2, 0) is 4.79 Å². The van der Waals surface area contributed by atoms with Gasteiger partial charge in [-0.2, -0.15) is 0 Å². The smallest absolute Gasteiger partial charge is 0.226 e. The Balaban J connectivity index is 2.08. The van der Waals surface area contributed by atoms with Gasteiger partial charge in [-0.3, -0.25) is 10.1 Å². The fraction of sp³-hybridized carbons (Fsp3) is 0.889. The third-order valence-corrected chi connectivity index (χ3v) is 2.91. The van der Waals surface area contributed by atoms with Gasteiger partial charge in [-0.05, 0) is 25.8 Å². The molecule has 0 aromatic carbocycles. The molecule has 0 saturated carbocycles. The lowest BCUT2D eigenvalue weighted by molar-refractivity contribution is -0.143. The summed E-state index contributed by atoms with van der Waals surface area (Å²) in [5.41, 5.74) is 0. The second-order valence-corrected chi connectivity index (χ2v) is 3.83. The number of carbonyl (C=O) groups is 1. The van der Waals surface area contributed by atoms with E-state index >= 15 is 0 Å². The van der Waals surface area contributed by atoms with E-state index in [2.05, 4.69) is 5.32 Å². The van der Waals surface area contributed by atoms with Crippen molar-refractivity contribution in [2.45, 2.75) is 32.4 Å². The normalized spacial score (nSPS) is 36.4. The molecule has 0 aliphatic carbocycles. The Morgan fingerprint density at radius 1 is 1.50 bits per heavy atom. The molecule has 1 amide bonds. The summed E-state index contributed by atoms with van der Waals surface area (Å²) in [5.74, 6) is 0.597. The minimum absolute atomic E-state index is 0.251. The zero-order valence-electron chi connectivity index (χ0n) is 7.55. The third-order valence-electron chi connectivity index (χ3n) is 2.91. The van der Waals surface area contributed by atoms with Gasteiger partial charge in [0.2, 0.25) is 5.91 Å². The molecular weight excluding hydrogens is 152 g/mol. The van der Waals surface area contributed by atoms with Crippen LogP contribution in [0.25, 0.3) is 0 Å². The van der Waals surface area contributed by atoms with Gasteiger partial charge >= 0.3 is 0 Å². The summed E-state index contributed by atoms with van der Waals surface area (Å²) in [6, 6.07) is 0. The lowest BCUT2D eigenvalue weighted by Crippen LogP contribution is -2.57. The van der Waals surface area contributed by atoms with Gasteiger partial charge in [-0.25, -0.2) is 0 Å². The van der Waals surface area contributed by atoms with Crippen LogP contribution in [0.15, 0.2) is 0 Å². The number of nitrogens with zero attached hydrogens (tertiary/aromatic N) is 1. The summed E-state index contributed by atoms with van der Waals surface area (Å²) in [6.45, 7) is 4.07. The average molecular weight is 168 g/mol. The van der Waals surface area contributed by atoms with Crippen LogP contribution in [0.3, 0.4) is 0 Å². The molecule has 2 aliphatic heterocycles. The van der Waals surface area contributed by atoms with E-state index in [-0.39, 0.29) is 5.92 Å². The summed E-state index contributed by atoms with van der Waals surface area (Å²) >= 11 is 0. The first-order valence-electron chi connectivity index (χ1n) is 4.83. The van der Waals surface area contributed by atoms with Crippen LogP contribution in [0, 0.1) is 5.92 Å². The Morgan fingerprint density at radius 2 is 2.33 bits per heavy atom. The lowest BCUT2D eigenvalue weighted by atomic mass is 9.95. The Morgan fingerprint density at radius 3 is 3.17 bits per heavy atom. The van der Waals surface area contributed by atoms with Gasteiger partial charge < -0.3 is 4.90 Å². The van der Waals surface area contributed by atoms with E-state index in [0.717, 1.165) is 32.4 Å². The van der Waals surface area contributed by atoms with Gasteiger partial charge in [0.25, 0.3) is 0 Å². The third kappa shape index (κ3) is 1.22. The van der Waals surface area contributed by atoms with Crippen LogP contribution in [0.2, 0.25) is 0 Å². The summed E-state index contributed by atoms with van der Waals surface area (Å²) in [4.78, 5) is 13.7. The molecule has 0 spiro atoms. The largest absolute Gasteiger partial charge is 0.327 e. The van der Waals surface area contributed by atoms with Crippen LogP contribution in [0.4, 0.5) is 0 Å². The highest BCUT2D eigenvalue weighted by atomic mass is 16.2. The van der Waals surface area contributed by atoms with Crippen LogP contribution in [0.5, 0.6) is 0 Å². The van der Waals surface area contributed by atoms with E-state index in [9.17, 15) is 4.79 Å². The van der Waals surface area contributed by atoms with Crippen molar-refractivity contribution in [3.63, 3.8) is 0 Å². The maximum Gasteiger partial charge on any atom is 0.226 e. The number of amides is 1. The molecule has 2 fully saturated rings. The Hall–Kier alpha value is -0.570. The van der Waals surface area contributed by atoms with Gasteiger partial charge in [0.05, 0.1) is 6.17 Å². The van der Waals surface area contributed by atoms with Crippen molar-refractivity contribution in [2.24, 2.45) is 5.92 Å². The number of fused-ring (bicyclic) bond motifs is 1. The first-order chi connectivity index (χ1) is 5.79. The van der Waals surface area contributed by atoms with Crippen molar-refractivity contribution < 1.29 is 4.79 Å². The predicted molar refractivity (Wildman–Crippen MR) is 46.5 cm³/mol. The molecule has 3 heteroatoms.